The molecule has 0 heterocycles. The van der Waals surface area contributed by atoms with Crippen molar-refractivity contribution >= 4 is 46.5 Å². The van der Waals surface area contributed by atoms with Crippen LogP contribution in [0, 0.1) is 0 Å². The maximum atomic E-state index is 5.77. The van der Waals surface area contributed by atoms with Crippen molar-refractivity contribution in [2.75, 3.05) is 11.5 Å². The summed E-state index contributed by atoms with van der Waals surface area (Å²) >= 11 is 0. The summed E-state index contributed by atoms with van der Waals surface area (Å²) in [5.74, 6) is 0. The molecule has 0 unspecified atom stereocenters. The van der Waals surface area contributed by atoms with Crippen molar-refractivity contribution in [3.63, 3.8) is 0 Å². The topological polar surface area (TPSA) is 52.0 Å². The first-order chi connectivity index (χ1) is 13.7. The maximum Gasteiger partial charge on any atom is 0.0314 e. The van der Waals surface area contributed by atoms with Gasteiger partial charge in [0, 0.05) is 11.4 Å². The van der Waals surface area contributed by atoms with E-state index in [2.05, 4.69) is 60.7 Å². The largest absolute Gasteiger partial charge is 0.399 e. The molecule has 2 nitrogen and oxygen atoms in total. The third kappa shape index (κ3) is 3.97. The minimum atomic E-state index is 0.778. The molecule has 0 saturated heterocycles. The molecule has 4 aromatic carbocycles. The van der Waals surface area contributed by atoms with E-state index in [0.717, 1.165) is 22.5 Å². The van der Waals surface area contributed by atoms with Gasteiger partial charge < -0.3 is 11.5 Å². The highest BCUT2D eigenvalue weighted by molar-refractivity contribution is 5.99. The van der Waals surface area contributed by atoms with Crippen LogP contribution in [0.25, 0.3) is 35.1 Å². The lowest BCUT2D eigenvalue weighted by atomic mass is 9.98. The Morgan fingerprint density at radius 2 is 0.821 bits per heavy atom. The number of benzene rings is 4. The van der Waals surface area contributed by atoms with Crippen LogP contribution in [-0.2, 0) is 0 Å². The fourth-order valence-electron chi connectivity index (χ4n) is 3.22. The fourth-order valence-corrected chi connectivity index (χ4v) is 3.22. The molecule has 0 aliphatic carbocycles. The monoisotopic (exact) mass is 362 g/mol. The molecule has 0 spiro atoms. The summed E-state index contributed by atoms with van der Waals surface area (Å²) in [5.41, 5.74) is 17.7. The van der Waals surface area contributed by atoms with Crippen molar-refractivity contribution < 1.29 is 0 Å². The van der Waals surface area contributed by atoms with Crippen LogP contribution in [0.15, 0.2) is 84.9 Å². The molecule has 0 fully saturated rings. The van der Waals surface area contributed by atoms with E-state index in [1.165, 1.54) is 21.9 Å². The van der Waals surface area contributed by atoms with Crippen LogP contribution < -0.4 is 11.5 Å². The lowest BCUT2D eigenvalue weighted by molar-refractivity contribution is 1.64. The zero-order valence-corrected chi connectivity index (χ0v) is 15.5. The second-order valence-electron chi connectivity index (χ2n) is 6.79. The number of hydrogen-bond acceptors (Lipinski definition) is 2. The van der Waals surface area contributed by atoms with Crippen molar-refractivity contribution in [1.82, 2.24) is 0 Å². The quantitative estimate of drug-likeness (QED) is 0.328. The minimum Gasteiger partial charge on any atom is -0.399 e. The highest BCUT2D eigenvalue weighted by Crippen LogP contribution is 2.26. The van der Waals surface area contributed by atoms with E-state index in [1.54, 1.807) is 0 Å². The number of rotatable bonds is 4. The van der Waals surface area contributed by atoms with Crippen LogP contribution in [-0.4, -0.2) is 0 Å². The normalized spacial score (nSPS) is 11.6. The summed E-state index contributed by atoms with van der Waals surface area (Å²) in [6, 6.07) is 28.6. The second-order valence-corrected chi connectivity index (χ2v) is 6.79. The maximum absolute atomic E-state index is 5.77. The average molecular weight is 362 g/mol. The molecule has 0 aliphatic rings. The van der Waals surface area contributed by atoms with Crippen LogP contribution in [0.3, 0.4) is 0 Å². The smallest absolute Gasteiger partial charge is 0.0314 e. The van der Waals surface area contributed by atoms with Gasteiger partial charge in [-0.3, -0.25) is 0 Å². The highest BCUT2D eigenvalue weighted by atomic mass is 14.5. The molecule has 136 valence electrons. The SMILES string of the molecule is Nc1ccc(C=Cc2ccc(C=Cc3ccc(N)cc3)c3ccccc23)cc1. The average Bonchev–Trinajstić information content (AvgIpc) is 2.73. The van der Waals surface area contributed by atoms with Crippen molar-refractivity contribution in [1.29, 1.82) is 0 Å². The summed E-state index contributed by atoms with van der Waals surface area (Å²) in [5, 5.41) is 2.46. The lowest BCUT2D eigenvalue weighted by Crippen LogP contribution is -1.84. The Morgan fingerprint density at radius 1 is 0.429 bits per heavy atom. The number of anilines is 2. The van der Waals surface area contributed by atoms with E-state index in [-0.39, 0.29) is 0 Å². The van der Waals surface area contributed by atoms with Gasteiger partial charge in [0.15, 0.2) is 0 Å². The van der Waals surface area contributed by atoms with Crippen LogP contribution >= 0.6 is 0 Å². The molecule has 28 heavy (non-hydrogen) atoms. The molecule has 0 aromatic heterocycles. The van der Waals surface area contributed by atoms with Gasteiger partial charge >= 0.3 is 0 Å². The van der Waals surface area contributed by atoms with Crippen LogP contribution in [0.4, 0.5) is 11.4 Å². The van der Waals surface area contributed by atoms with Gasteiger partial charge in [-0.2, -0.15) is 0 Å². The summed E-state index contributed by atoms with van der Waals surface area (Å²) in [6.45, 7) is 0. The fraction of sp³-hybridized carbons (Fsp3) is 0. The van der Waals surface area contributed by atoms with Crippen LogP contribution in [0.1, 0.15) is 22.3 Å². The van der Waals surface area contributed by atoms with Gasteiger partial charge in [-0.1, -0.05) is 85.0 Å². The highest BCUT2D eigenvalue weighted by Gasteiger charge is 2.02. The Labute approximate surface area is 165 Å². The second kappa shape index (κ2) is 7.85. The van der Waals surface area contributed by atoms with E-state index in [0.29, 0.717) is 0 Å². The zero-order chi connectivity index (χ0) is 19.3. The number of nitrogens with two attached hydrogens (primary N) is 2. The molecule has 4 N–H and O–H groups in total. The van der Waals surface area contributed by atoms with Crippen molar-refractivity contribution in [3.05, 3.63) is 107 Å². The zero-order valence-electron chi connectivity index (χ0n) is 15.5. The van der Waals surface area contributed by atoms with Gasteiger partial charge in [0.2, 0.25) is 0 Å². The van der Waals surface area contributed by atoms with Gasteiger partial charge in [-0.25, -0.2) is 0 Å². The molecular weight excluding hydrogens is 340 g/mol. The van der Waals surface area contributed by atoms with Gasteiger partial charge in [-0.05, 0) is 57.3 Å². The Hall–Kier alpha value is -3.78. The third-order valence-corrected chi connectivity index (χ3v) is 4.78. The summed E-state index contributed by atoms with van der Waals surface area (Å²) in [4.78, 5) is 0. The van der Waals surface area contributed by atoms with Crippen molar-refractivity contribution in [2.24, 2.45) is 0 Å². The Kier molecular flexibility index (Phi) is 4.94. The summed E-state index contributed by atoms with van der Waals surface area (Å²) in [7, 11) is 0. The molecule has 0 atom stereocenters. The minimum absolute atomic E-state index is 0.778. The molecule has 0 aliphatic heterocycles. The molecule has 2 heteroatoms. The van der Waals surface area contributed by atoms with E-state index >= 15 is 0 Å². The van der Waals surface area contributed by atoms with Crippen molar-refractivity contribution in [3.8, 4) is 0 Å². The van der Waals surface area contributed by atoms with Crippen LogP contribution in [0.5, 0.6) is 0 Å². The molecule has 0 bridgehead atoms. The first-order valence-electron chi connectivity index (χ1n) is 9.28. The van der Waals surface area contributed by atoms with Gasteiger partial charge in [-0.15, -0.1) is 0 Å². The Bertz CT molecular complexity index is 1060. The van der Waals surface area contributed by atoms with E-state index in [1.807, 2.05) is 48.5 Å². The molecule has 4 rings (SSSR count). The van der Waals surface area contributed by atoms with E-state index < -0.39 is 0 Å². The Morgan fingerprint density at radius 3 is 1.21 bits per heavy atom. The number of fused-ring (bicyclic) bond motifs is 1. The number of nitrogen functional groups attached to an aromatic ring is 2. The summed E-state index contributed by atoms with van der Waals surface area (Å²) in [6.07, 6.45) is 8.54. The predicted octanol–water partition coefficient (Wildman–Crippen LogP) is 6.35. The van der Waals surface area contributed by atoms with Crippen molar-refractivity contribution in [2.45, 2.75) is 0 Å². The molecule has 0 saturated carbocycles. The molecule has 0 radical (unpaired) electrons. The predicted molar refractivity (Wildman–Crippen MR) is 124 cm³/mol. The molecular formula is C26H22N2. The Balaban J connectivity index is 1.68. The van der Waals surface area contributed by atoms with Gasteiger partial charge in [0.25, 0.3) is 0 Å². The van der Waals surface area contributed by atoms with Crippen LogP contribution in [0.2, 0.25) is 0 Å². The molecule has 4 aromatic rings. The first kappa shape index (κ1) is 17.6. The van der Waals surface area contributed by atoms with Gasteiger partial charge in [0.1, 0.15) is 0 Å². The molecule has 0 amide bonds. The standard InChI is InChI=1S/C26H22N2/c27-23-15-7-19(8-16-23)5-11-21-13-14-22(26-4-2-1-3-25(21)26)12-6-20-9-17-24(28)18-10-20/h1-18H,27-28H2. The van der Waals surface area contributed by atoms with E-state index in [4.69, 9.17) is 11.5 Å². The first-order valence-corrected chi connectivity index (χ1v) is 9.28. The third-order valence-electron chi connectivity index (χ3n) is 4.78. The number of hydrogen-bond donors (Lipinski definition) is 2. The van der Waals surface area contributed by atoms with E-state index in [9.17, 15) is 0 Å². The summed E-state index contributed by atoms with van der Waals surface area (Å²) < 4.78 is 0. The van der Waals surface area contributed by atoms with Gasteiger partial charge in [0.05, 0.1) is 0 Å². The lowest BCUT2D eigenvalue weighted by Gasteiger charge is -2.07.